The fourth-order valence-corrected chi connectivity index (χ4v) is 1.34. The fourth-order valence-electron chi connectivity index (χ4n) is 1.34. The summed E-state index contributed by atoms with van der Waals surface area (Å²) >= 11 is 0. The molecule has 0 unspecified atom stereocenters. The molecule has 18 heavy (non-hydrogen) atoms. The number of rotatable bonds is 6. The Morgan fingerprint density at radius 2 is 2.06 bits per heavy atom. The third-order valence-electron chi connectivity index (χ3n) is 2.41. The number of ether oxygens (including phenoxy) is 1. The van der Waals surface area contributed by atoms with E-state index in [0.29, 0.717) is 12.5 Å². The van der Waals surface area contributed by atoms with Gasteiger partial charge in [0.1, 0.15) is 6.61 Å². The Bertz CT molecular complexity index is 358. The third-order valence-corrected chi connectivity index (χ3v) is 2.41. The van der Waals surface area contributed by atoms with Crippen LogP contribution in [-0.2, 0) is 6.54 Å². The van der Waals surface area contributed by atoms with Crippen LogP contribution >= 0.6 is 0 Å². The number of aromatic nitrogens is 1. The molecule has 0 radical (unpaired) electrons. The Morgan fingerprint density at radius 1 is 1.33 bits per heavy atom. The zero-order valence-corrected chi connectivity index (χ0v) is 12.2. The number of hydrogen-bond acceptors (Lipinski definition) is 4. The summed E-state index contributed by atoms with van der Waals surface area (Å²) < 4.78 is 5.61. The van der Waals surface area contributed by atoms with E-state index in [0.717, 1.165) is 13.1 Å². The number of nitrogens with zero attached hydrogens (tertiary/aromatic N) is 2. The topological polar surface area (TPSA) is 37.4 Å². The second-order valence-corrected chi connectivity index (χ2v) is 5.76. The van der Waals surface area contributed by atoms with Crippen LogP contribution in [-0.4, -0.2) is 42.7 Å². The minimum atomic E-state index is 0.120. The van der Waals surface area contributed by atoms with E-state index in [1.165, 1.54) is 5.56 Å². The van der Waals surface area contributed by atoms with Crippen LogP contribution < -0.4 is 10.1 Å². The van der Waals surface area contributed by atoms with Gasteiger partial charge in [-0.1, -0.05) is 0 Å². The molecule has 4 nitrogen and oxygen atoms in total. The van der Waals surface area contributed by atoms with E-state index >= 15 is 0 Å². The van der Waals surface area contributed by atoms with E-state index in [-0.39, 0.29) is 5.54 Å². The Kier molecular flexibility index (Phi) is 5.56. The predicted octanol–water partition coefficient (Wildman–Crippen LogP) is 1.91. The lowest BCUT2D eigenvalue weighted by Crippen LogP contribution is -2.35. The highest BCUT2D eigenvalue weighted by molar-refractivity contribution is 5.20. The zero-order valence-electron chi connectivity index (χ0n) is 12.2. The summed E-state index contributed by atoms with van der Waals surface area (Å²) in [7, 11) is 4.06. The van der Waals surface area contributed by atoms with E-state index in [1.54, 1.807) is 6.20 Å². The molecule has 0 aliphatic carbocycles. The molecule has 4 heteroatoms. The number of pyridine rings is 1. The first-order valence-corrected chi connectivity index (χ1v) is 6.34. The largest absolute Gasteiger partial charge is 0.476 e. The Morgan fingerprint density at radius 3 is 2.67 bits per heavy atom. The van der Waals surface area contributed by atoms with Crippen molar-refractivity contribution in [1.82, 2.24) is 15.2 Å². The Hall–Kier alpha value is -1.13. The summed E-state index contributed by atoms with van der Waals surface area (Å²) in [6, 6.07) is 4.01. The van der Waals surface area contributed by atoms with Crippen LogP contribution in [0.4, 0.5) is 0 Å². The molecule has 0 amide bonds. The smallest absolute Gasteiger partial charge is 0.213 e. The second kappa shape index (κ2) is 6.71. The standard InChI is InChI=1S/C14H25N3O/c1-14(2,3)16-11-12-6-7-15-13(10-12)18-9-8-17(4)5/h6-7,10,16H,8-9,11H2,1-5H3. The molecule has 1 aromatic heterocycles. The van der Waals surface area contributed by atoms with Crippen molar-refractivity contribution in [2.75, 3.05) is 27.2 Å². The first-order chi connectivity index (χ1) is 8.37. The minimum absolute atomic E-state index is 0.120. The molecule has 0 aliphatic rings. The van der Waals surface area contributed by atoms with Crippen LogP contribution in [0.15, 0.2) is 18.3 Å². The molecule has 0 spiro atoms. The molecule has 0 aromatic carbocycles. The SMILES string of the molecule is CN(C)CCOc1cc(CNC(C)(C)C)ccn1. The van der Waals surface area contributed by atoms with Crippen molar-refractivity contribution >= 4 is 0 Å². The lowest BCUT2D eigenvalue weighted by atomic mass is 10.1. The van der Waals surface area contributed by atoms with Crippen LogP contribution in [0.25, 0.3) is 0 Å². The molecule has 0 aliphatic heterocycles. The van der Waals surface area contributed by atoms with Crippen molar-refractivity contribution in [3.8, 4) is 5.88 Å². The van der Waals surface area contributed by atoms with Gasteiger partial charge in [0.05, 0.1) is 0 Å². The van der Waals surface area contributed by atoms with Crippen molar-refractivity contribution in [2.24, 2.45) is 0 Å². The van der Waals surface area contributed by atoms with Gasteiger partial charge in [0.25, 0.3) is 0 Å². The van der Waals surface area contributed by atoms with Gasteiger partial charge in [-0.05, 0) is 46.5 Å². The van der Waals surface area contributed by atoms with Crippen molar-refractivity contribution in [1.29, 1.82) is 0 Å². The third kappa shape index (κ3) is 6.57. The van der Waals surface area contributed by atoms with Gasteiger partial charge in [0.2, 0.25) is 5.88 Å². The molecule has 1 aromatic rings. The molecular weight excluding hydrogens is 226 g/mol. The molecule has 102 valence electrons. The first-order valence-electron chi connectivity index (χ1n) is 6.34. The maximum Gasteiger partial charge on any atom is 0.213 e. The van der Waals surface area contributed by atoms with Gasteiger partial charge >= 0.3 is 0 Å². The van der Waals surface area contributed by atoms with E-state index in [2.05, 4.69) is 36.0 Å². The summed E-state index contributed by atoms with van der Waals surface area (Å²) in [5.41, 5.74) is 1.31. The maximum atomic E-state index is 5.61. The number of hydrogen-bond donors (Lipinski definition) is 1. The second-order valence-electron chi connectivity index (χ2n) is 5.76. The van der Waals surface area contributed by atoms with Gasteiger partial charge in [-0.15, -0.1) is 0 Å². The highest BCUT2D eigenvalue weighted by Crippen LogP contribution is 2.10. The van der Waals surface area contributed by atoms with Crippen LogP contribution in [0.5, 0.6) is 5.88 Å². The van der Waals surface area contributed by atoms with Crippen LogP contribution in [0.2, 0.25) is 0 Å². The molecule has 0 atom stereocenters. The predicted molar refractivity (Wildman–Crippen MR) is 74.9 cm³/mol. The highest BCUT2D eigenvalue weighted by atomic mass is 16.5. The van der Waals surface area contributed by atoms with E-state index in [9.17, 15) is 0 Å². The van der Waals surface area contributed by atoms with Gasteiger partial charge < -0.3 is 15.0 Å². The molecule has 1 heterocycles. The summed E-state index contributed by atoms with van der Waals surface area (Å²) in [6.07, 6.45) is 1.80. The van der Waals surface area contributed by atoms with Gasteiger partial charge in [-0.3, -0.25) is 0 Å². The molecular formula is C14H25N3O. The molecule has 1 N–H and O–H groups in total. The molecule has 0 saturated carbocycles. The van der Waals surface area contributed by atoms with Gasteiger partial charge in [0.15, 0.2) is 0 Å². The average Bonchev–Trinajstić information content (AvgIpc) is 2.26. The molecule has 0 saturated heterocycles. The normalized spacial score (nSPS) is 11.9. The van der Waals surface area contributed by atoms with Crippen LogP contribution in [0.1, 0.15) is 26.3 Å². The summed E-state index contributed by atoms with van der Waals surface area (Å²) in [6.45, 7) is 8.85. The van der Waals surface area contributed by atoms with Gasteiger partial charge in [-0.25, -0.2) is 4.98 Å². The molecule has 0 fully saturated rings. The first kappa shape index (κ1) is 14.9. The van der Waals surface area contributed by atoms with Crippen molar-refractivity contribution in [3.05, 3.63) is 23.9 Å². The highest BCUT2D eigenvalue weighted by Gasteiger charge is 2.08. The Labute approximate surface area is 110 Å². The molecule has 1 rings (SSSR count). The lowest BCUT2D eigenvalue weighted by Gasteiger charge is -2.20. The summed E-state index contributed by atoms with van der Waals surface area (Å²) in [5.74, 6) is 0.699. The van der Waals surface area contributed by atoms with E-state index in [4.69, 9.17) is 4.74 Å². The maximum absolute atomic E-state index is 5.61. The molecule has 0 bridgehead atoms. The van der Waals surface area contributed by atoms with Crippen LogP contribution in [0.3, 0.4) is 0 Å². The Balaban J connectivity index is 2.46. The monoisotopic (exact) mass is 251 g/mol. The van der Waals surface area contributed by atoms with Crippen molar-refractivity contribution < 1.29 is 4.74 Å². The fraction of sp³-hybridized carbons (Fsp3) is 0.643. The van der Waals surface area contributed by atoms with Gasteiger partial charge in [-0.2, -0.15) is 0 Å². The van der Waals surface area contributed by atoms with Crippen molar-refractivity contribution in [3.63, 3.8) is 0 Å². The van der Waals surface area contributed by atoms with Crippen molar-refractivity contribution in [2.45, 2.75) is 32.9 Å². The minimum Gasteiger partial charge on any atom is -0.476 e. The van der Waals surface area contributed by atoms with E-state index in [1.807, 2.05) is 26.2 Å². The van der Waals surface area contributed by atoms with Gasteiger partial charge in [0, 0.05) is 30.9 Å². The number of nitrogens with one attached hydrogen (secondary N) is 1. The zero-order chi connectivity index (χ0) is 13.6. The average molecular weight is 251 g/mol. The lowest BCUT2D eigenvalue weighted by molar-refractivity contribution is 0.253. The van der Waals surface area contributed by atoms with Crippen LogP contribution in [0, 0.1) is 0 Å². The quantitative estimate of drug-likeness (QED) is 0.838. The van der Waals surface area contributed by atoms with E-state index < -0.39 is 0 Å². The summed E-state index contributed by atoms with van der Waals surface area (Å²) in [5, 5.41) is 3.45. The number of likely N-dealkylation sites (N-methyl/N-ethyl adjacent to an activating group) is 1. The summed E-state index contributed by atoms with van der Waals surface area (Å²) in [4.78, 5) is 6.30.